The Balaban J connectivity index is 0.00000162. The van der Waals surface area contributed by atoms with Crippen molar-refractivity contribution in [2.75, 3.05) is 7.11 Å². The number of rotatable bonds is 3. The van der Waals surface area contributed by atoms with Crippen LogP contribution in [0.3, 0.4) is 0 Å². The van der Waals surface area contributed by atoms with E-state index in [0.717, 1.165) is 0 Å². The van der Waals surface area contributed by atoms with Crippen molar-refractivity contribution >= 4 is 5.78 Å². The van der Waals surface area contributed by atoms with Crippen LogP contribution in [0.1, 0.15) is 17.3 Å². The first kappa shape index (κ1) is 14.8. The van der Waals surface area contributed by atoms with Crippen molar-refractivity contribution in [3.8, 4) is 11.5 Å². The van der Waals surface area contributed by atoms with Crippen LogP contribution < -0.4 is 34.3 Å². The molecule has 2 aromatic carbocycles. The minimum Gasteiger partial charge on any atom is -1.00 e. The van der Waals surface area contributed by atoms with Gasteiger partial charge in [-0.25, -0.2) is 0 Å². The molecule has 18 heavy (non-hydrogen) atoms. The maximum absolute atomic E-state index is 12.1. The van der Waals surface area contributed by atoms with Crippen molar-refractivity contribution < 1.29 is 45.6 Å². The van der Waals surface area contributed by atoms with E-state index in [1.807, 2.05) is 6.07 Å². The van der Waals surface area contributed by atoms with E-state index in [2.05, 4.69) is 0 Å². The van der Waals surface area contributed by atoms with Crippen LogP contribution in [0.5, 0.6) is 11.5 Å². The van der Waals surface area contributed by atoms with Crippen LogP contribution in [-0.4, -0.2) is 18.0 Å². The first-order chi connectivity index (χ1) is 8.22. The third-order valence-corrected chi connectivity index (χ3v) is 2.49. The molecule has 0 aliphatic carbocycles. The van der Waals surface area contributed by atoms with Gasteiger partial charge in [-0.05, 0) is 12.1 Å². The van der Waals surface area contributed by atoms with E-state index in [9.17, 15) is 9.90 Å². The molecule has 0 aliphatic rings. The molecule has 0 amide bonds. The van der Waals surface area contributed by atoms with Crippen molar-refractivity contribution in [1.29, 1.82) is 0 Å². The summed E-state index contributed by atoms with van der Waals surface area (Å²) >= 11 is 0. The summed E-state index contributed by atoms with van der Waals surface area (Å²) in [6, 6.07) is 13.5. The van der Waals surface area contributed by atoms with Gasteiger partial charge in [-0.15, -0.1) is 0 Å². The summed E-state index contributed by atoms with van der Waals surface area (Å²) in [5, 5.41) is 9.75. The zero-order valence-electron chi connectivity index (χ0n) is 11.4. The molecule has 1 N–H and O–H groups in total. The zero-order valence-corrected chi connectivity index (χ0v) is 12.4. The van der Waals surface area contributed by atoms with Gasteiger partial charge in [-0.3, -0.25) is 4.79 Å². The van der Waals surface area contributed by atoms with Gasteiger partial charge < -0.3 is 11.3 Å². The van der Waals surface area contributed by atoms with Crippen LogP contribution in [0.25, 0.3) is 0 Å². The van der Waals surface area contributed by atoms with Crippen LogP contribution in [0, 0.1) is 0 Å². The standard InChI is InChI=1S/C14H12O3.Na.H/c1-17-11-7-8-12(13(15)9-11)14(16)10-5-3-2-4-6-10;;/h2-9,15H,1H3;;/q;+1;-1. The molecule has 2 aromatic rings. The number of phenolic OH excluding ortho intramolecular Hbond substituents is 1. The van der Waals surface area contributed by atoms with Gasteiger partial charge in [-0.2, -0.15) is 0 Å². The average Bonchev–Trinajstić information content (AvgIpc) is 2.39. The van der Waals surface area contributed by atoms with E-state index in [0.29, 0.717) is 11.3 Å². The van der Waals surface area contributed by atoms with Crippen LogP contribution in [0.4, 0.5) is 0 Å². The quantitative estimate of drug-likeness (QED) is 0.605. The summed E-state index contributed by atoms with van der Waals surface area (Å²) in [5.74, 6) is 0.246. The van der Waals surface area contributed by atoms with Gasteiger partial charge in [0.1, 0.15) is 11.5 Å². The molecule has 3 nitrogen and oxygen atoms in total. The van der Waals surface area contributed by atoms with Crippen LogP contribution in [0.2, 0.25) is 0 Å². The molecule has 4 heteroatoms. The van der Waals surface area contributed by atoms with Gasteiger partial charge in [-0.1, -0.05) is 30.3 Å². The SMILES string of the molecule is COc1ccc(C(=O)c2ccccc2)c(O)c1.[H-].[Na+]. The fourth-order valence-electron chi connectivity index (χ4n) is 1.58. The molecule has 0 saturated heterocycles. The monoisotopic (exact) mass is 252 g/mol. The molecule has 0 saturated carbocycles. The molecule has 0 heterocycles. The average molecular weight is 252 g/mol. The molecule has 0 unspecified atom stereocenters. The van der Waals surface area contributed by atoms with Crippen molar-refractivity contribution in [2.45, 2.75) is 0 Å². The van der Waals surface area contributed by atoms with Gasteiger partial charge in [0.15, 0.2) is 5.78 Å². The number of carbonyl (C=O) groups excluding carboxylic acids is 1. The maximum Gasteiger partial charge on any atom is 1.00 e. The third kappa shape index (κ3) is 3.13. The van der Waals surface area contributed by atoms with Gasteiger partial charge in [0.05, 0.1) is 12.7 Å². The number of ether oxygens (including phenoxy) is 1. The predicted octanol–water partition coefficient (Wildman–Crippen LogP) is -0.252. The van der Waals surface area contributed by atoms with Crippen molar-refractivity contribution in [3.63, 3.8) is 0 Å². The molecule has 0 radical (unpaired) electrons. The summed E-state index contributed by atoms with van der Waals surface area (Å²) in [6.07, 6.45) is 0. The van der Waals surface area contributed by atoms with Crippen LogP contribution >= 0.6 is 0 Å². The number of carbonyl (C=O) groups is 1. The van der Waals surface area contributed by atoms with Crippen molar-refractivity contribution in [2.24, 2.45) is 0 Å². The van der Waals surface area contributed by atoms with Gasteiger partial charge in [0, 0.05) is 11.6 Å². The Morgan fingerprint density at radius 3 is 2.39 bits per heavy atom. The van der Waals surface area contributed by atoms with E-state index >= 15 is 0 Å². The number of methoxy groups -OCH3 is 1. The van der Waals surface area contributed by atoms with E-state index < -0.39 is 0 Å². The number of phenols is 1. The Hall–Kier alpha value is -1.29. The number of hydrogen-bond acceptors (Lipinski definition) is 3. The minimum absolute atomic E-state index is 0. The fourth-order valence-corrected chi connectivity index (χ4v) is 1.58. The molecule has 0 spiro atoms. The number of aromatic hydroxyl groups is 1. The van der Waals surface area contributed by atoms with Crippen LogP contribution in [0.15, 0.2) is 48.5 Å². The second-order valence-electron chi connectivity index (χ2n) is 3.58. The first-order valence-electron chi connectivity index (χ1n) is 5.19. The Morgan fingerprint density at radius 2 is 1.83 bits per heavy atom. The summed E-state index contributed by atoms with van der Waals surface area (Å²) in [5.41, 5.74) is 0.824. The minimum atomic E-state index is -0.203. The Kier molecular flexibility index (Phi) is 5.41. The largest absolute Gasteiger partial charge is 1.00 e. The van der Waals surface area contributed by atoms with E-state index in [1.165, 1.54) is 13.2 Å². The number of benzene rings is 2. The summed E-state index contributed by atoms with van der Waals surface area (Å²) < 4.78 is 4.96. The maximum atomic E-state index is 12.1. The van der Waals surface area contributed by atoms with Crippen molar-refractivity contribution in [3.05, 3.63) is 59.7 Å². The van der Waals surface area contributed by atoms with E-state index in [4.69, 9.17) is 4.74 Å². The molecule has 0 bridgehead atoms. The molecule has 0 fully saturated rings. The Morgan fingerprint density at radius 1 is 1.17 bits per heavy atom. The predicted molar refractivity (Wildman–Crippen MR) is 65.6 cm³/mol. The molecular weight excluding hydrogens is 239 g/mol. The van der Waals surface area contributed by atoms with Gasteiger partial charge >= 0.3 is 29.6 Å². The zero-order chi connectivity index (χ0) is 12.3. The molecule has 88 valence electrons. The van der Waals surface area contributed by atoms with E-state index in [1.54, 1.807) is 36.4 Å². The number of ketones is 1. The van der Waals surface area contributed by atoms with Crippen molar-refractivity contribution in [1.82, 2.24) is 0 Å². The molecule has 0 atom stereocenters. The fraction of sp³-hybridized carbons (Fsp3) is 0.0714. The van der Waals surface area contributed by atoms with E-state index in [-0.39, 0.29) is 48.1 Å². The summed E-state index contributed by atoms with van der Waals surface area (Å²) in [7, 11) is 1.51. The first-order valence-corrected chi connectivity index (χ1v) is 5.19. The molecule has 0 aromatic heterocycles. The second-order valence-corrected chi connectivity index (χ2v) is 3.58. The Labute approximate surface area is 129 Å². The third-order valence-electron chi connectivity index (χ3n) is 2.49. The second kappa shape index (κ2) is 6.59. The Bertz CT molecular complexity index is 544. The summed E-state index contributed by atoms with van der Waals surface area (Å²) in [4.78, 5) is 12.1. The van der Waals surface area contributed by atoms with Gasteiger partial charge in [0.25, 0.3) is 0 Å². The molecule has 2 rings (SSSR count). The smallest absolute Gasteiger partial charge is 1.00 e. The number of hydrogen-bond donors (Lipinski definition) is 1. The summed E-state index contributed by atoms with van der Waals surface area (Å²) in [6.45, 7) is 0. The normalized spacial score (nSPS) is 9.39. The topological polar surface area (TPSA) is 46.5 Å². The van der Waals surface area contributed by atoms with Crippen LogP contribution in [-0.2, 0) is 0 Å². The molecular formula is C14H13NaO3. The van der Waals surface area contributed by atoms with Gasteiger partial charge in [0.2, 0.25) is 0 Å². The molecule has 0 aliphatic heterocycles.